The van der Waals surface area contributed by atoms with Crippen molar-refractivity contribution in [1.82, 2.24) is 90.6 Å². The van der Waals surface area contributed by atoms with Gasteiger partial charge in [-0.2, -0.15) is 84.1 Å². The van der Waals surface area contributed by atoms with Gasteiger partial charge in [-0.15, -0.1) is 82.0 Å². The van der Waals surface area contributed by atoms with Crippen LogP contribution in [0.15, 0.2) is 146 Å². The second kappa shape index (κ2) is 29.3. The molecule has 0 bridgehead atoms. The Bertz CT molecular complexity index is 4120. The molecule has 0 aliphatic rings. The first-order chi connectivity index (χ1) is 43.4. The van der Waals surface area contributed by atoms with Gasteiger partial charge in [0, 0.05) is 5.69 Å². The van der Waals surface area contributed by atoms with Crippen LogP contribution in [0, 0.1) is 24.5 Å². The van der Waals surface area contributed by atoms with Gasteiger partial charge in [0.2, 0.25) is 5.82 Å². The molecule has 10 aromatic heterocycles. The number of aromatic nitrogens is 18. The molecular formula is C56H26F18Ir2N18. The molecule has 0 saturated carbocycles. The fraction of sp³-hybridized carbons (Fsp3) is 0.107. The van der Waals surface area contributed by atoms with Gasteiger partial charge in [-0.25, -0.2) is 0 Å². The maximum Gasteiger partial charge on any atom is 3.00 e. The van der Waals surface area contributed by atoms with Gasteiger partial charge in [0.15, 0.2) is 5.82 Å². The molecule has 0 aliphatic carbocycles. The van der Waals surface area contributed by atoms with Crippen molar-refractivity contribution >= 4 is 0 Å². The smallest absolute Gasteiger partial charge is 0.573 e. The summed E-state index contributed by atoms with van der Waals surface area (Å²) in [6, 6.07) is 40.4. The van der Waals surface area contributed by atoms with Gasteiger partial charge in [-0.3, -0.25) is 30.1 Å². The Labute approximate surface area is 540 Å². The molecule has 2 aromatic carbocycles. The van der Waals surface area contributed by atoms with Gasteiger partial charge in [0.1, 0.15) is 34.6 Å². The number of hydrogen-bond acceptors (Lipinski definition) is 14. The Morgan fingerprint density at radius 3 is 1.28 bits per heavy atom. The maximum absolute atomic E-state index is 12.6. The summed E-state index contributed by atoms with van der Waals surface area (Å²) in [5.41, 5.74) is 1.29. The fourth-order valence-corrected chi connectivity index (χ4v) is 7.23. The van der Waals surface area contributed by atoms with Crippen LogP contribution in [0.5, 0.6) is 0 Å². The zero-order chi connectivity index (χ0) is 66.2. The first-order valence-electron chi connectivity index (χ1n) is 25.0. The van der Waals surface area contributed by atoms with Crippen LogP contribution >= 0.6 is 0 Å². The number of halogens is 18. The normalized spacial score (nSPS) is 11.8. The van der Waals surface area contributed by atoms with E-state index in [4.69, 9.17) is 0 Å². The van der Waals surface area contributed by atoms with Crippen LogP contribution in [-0.4, -0.2) is 80.4 Å². The molecule has 0 spiro atoms. The van der Waals surface area contributed by atoms with Gasteiger partial charge in [-0.1, -0.05) is 77.7 Å². The molecule has 0 amide bonds. The van der Waals surface area contributed by atoms with Crippen LogP contribution in [0.25, 0.3) is 90.8 Å². The van der Waals surface area contributed by atoms with E-state index in [-0.39, 0.29) is 109 Å². The second-order valence-corrected chi connectivity index (χ2v) is 17.9. The minimum absolute atomic E-state index is 0. The third-order valence-corrected chi connectivity index (χ3v) is 11.4. The molecule has 0 radical (unpaired) electrons. The Hall–Kier alpha value is -10.1. The SMILES string of the molecule is FC(F)(F)c1cc(-c2cccc(-c3[c-]nc(C(F)(F)F)nc3)n2)[n-]n1.FC(F)(F)c1n[c-]c(-c2cccc(-c3cc(C(F)(F)F)[nH]n3)n2)cn1.FC(F)(F)c1n[n-]c(-c2cccc(-c3[c-]cccc3)n2)n1.FC(F)(F)c1nnc(-c2cccc(-c3[c-]cccc3)n2)[nH]1.[Ir+3].[Ir+3]. The van der Waals surface area contributed by atoms with E-state index in [0.29, 0.717) is 11.4 Å². The predicted molar refractivity (Wildman–Crippen MR) is 279 cm³/mol. The van der Waals surface area contributed by atoms with Crippen LogP contribution in [-0.2, 0) is 77.3 Å². The molecule has 0 unspecified atom stereocenters. The van der Waals surface area contributed by atoms with Crippen molar-refractivity contribution in [3.8, 4) is 90.8 Å². The van der Waals surface area contributed by atoms with Crippen LogP contribution < -0.4 is 10.2 Å². The molecule has 2 N–H and O–H groups in total. The summed E-state index contributed by atoms with van der Waals surface area (Å²) < 4.78 is 225. The Morgan fingerprint density at radius 2 is 0.851 bits per heavy atom. The van der Waals surface area contributed by atoms with Crippen molar-refractivity contribution in [1.29, 1.82) is 0 Å². The van der Waals surface area contributed by atoms with Crippen molar-refractivity contribution in [3.63, 3.8) is 0 Å². The van der Waals surface area contributed by atoms with Crippen molar-refractivity contribution < 1.29 is 119 Å². The molecule has 0 fully saturated rings. The molecule has 10 heterocycles. The number of nitrogens with one attached hydrogen (secondary N) is 2. The van der Waals surface area contributed by atoms with Crippen molar-refractivity contribution in [3.05, 3.63) is 205 Å². The summed E-state index contributed by atoms with van der Waals surface area (Å²) in [6.07, 6.45) is -21.7. The number of rotatable bonds is 8. The van der Waals surface area contributed by atoms with Crippen LogP contribution in [0.3, 0.4) is 0 Å². The topological polar surface area (TPSA) is 240 Å². The van der Waals surface area contributed by atoms with Gasteiger partial charge in [0.05, 0.1) is 17.1 Å². The van der Waals surface area contributed by atoms with Gasteiger partial charge in [0.25, 0.3) is 0 Å². The van der Waals surface area contributed by atoms with Crippen LogP contribution in [0.2, 0.25) is 0 Å². The number of H-pyrrole nitrogens is 2. The van der Waals surface area contributed by atoms with E-state index in [1.165, 1.54) is 42.5 Å². The molecule has 38 heteroatoms. The summed E-state index contributed by atoms with van der Waals surface area (Å²) in [5.74, 6) is -5.30. The first-order valence-corrected chi connectivity index (χ1v) is 25.0. The molecule has 484 valence electrons. The maximum atomic E-state index is 12.6. The minimum Gasteiger partial charge on any atom is -0.573 e. The number of pyridine rings is 4. The molecular weight excluding hydrogens is 1650 g/mol. The monoisotopic (exact) mass is 1680 g/mol. The third-order valence-electron chi connectivity index (χ3n) is 11.4. The molecule has 18 nitrogen and oxygen atoms in total. The van der Waals surface area contributed by atoms with Crippen molar-refractivity contribution in [2.24, 2.45) is 0 Å². The number of nitrogens with zero attached hydrogens (tertiary/aromatic N) is 16. The van der Waals surface area contributed by atoms with E-state index in [1.807, 2.05) is 35.4 Å². The van der Waals surface area contributed by atoms with Crippen molar-refractivity contribution in [2.45, 2.75) is 37.1 Å². The van der Waals surface area contributed by atoms with Crippen LogP contribution in [0.4, 0.5) is 79.0 Å². The summed E-state index contributed by atoms with van der Waals surface area (Å²) in [5, 5.41) is 24.9. The number of alkyl halides is 18. The third kappa shape index (κ3) is 18.6. The molecule has 12 aromatic rings. The number of aromatic amines is 2. The summed E-state index contributed by atoms with van der Waals surface area (Å²) in [4.78, 5) is 34.7. The van der Waals surface area contributed by atoms with E-state index in [2.05, 4.69) is 110 Å². The standard InChI is InChI=1S/C14H6F6N5.C14H5F6N5.C14H8F3N4.C14H7F3N4.2Ir/c2*15-13(16,17)11-4-10(24-25-11)9-3-1-2-8(23-9)7-5-21-12(22-6-7)14(18,19)20;2*15-14(16,17)13-19-12(20-21-13)11-8-4-7-10(18-11)9-5-2-1-3-6-9;;/h1-5H,(H,24,25);1-5H;1-5,7-8H,(H,19,20,21);1-5,7-8H;;/q-1;-2;-1;-2;2*+3. The molecule has 94 heavy (non-hydrogen) atoms. The van der Waals surface area contributed by atoms with Crippen LogP contribution in [0.1, 0.15) is 34.7 Å². The van der Waals surface area contributed by atoms with Gasteiger partial charge in [-0.05, 0) is 77.4 Å². The zero-order valence-corrected chi connectivity index (χ0v) is 50.3. The van der Waals surface area contributed by atoms with E-state index < -0.39 is 71.7 Å². The summed E-state index contributed by atoms with van der Waals surface area (Å²) in [7, 11) is 0. The molecule has 12 rings (SSSR count). The average molecular weight is 1680 g/mol. The minimum atomic E-state index is -4.71. The molecule has 0 saturated heterocycles. The summed E-state index contributed by atoms with van der Waals surface area (Å²) >= 11 is 0. The Kier molecular flexibility index (Phi) is 22.2. The van der Waals surface area contributed by atoms with E-state index in [0.717, 1.165) is 35.7 Å². The van der Waals surface area contributed by atoms with E-state index >= 15 is 0 Å². The molecule has 0 atom stereocenters. The molecule has 0 aliphatic heterocycles. The van der Waals surface area contributed by atoms with E-state index in [9.17, 15) is 79.0 Å². The number of benzene rings is 2. The average Bonchev–Trinajstić information content (AvgIpc) is 1.59. The quantitative estimate of drug-likeness (QED) is 0.106. The summed E-state index contributed by atoms with van der Waals surface area (Å²) in [6.45, 7) is 0. The zero-order valence-electron chi connectivity index (χ0n) is 45.5. The van der Waals surface area contributed by atoms with Gasteiger partial charge >= 0.3 is 77.3 Å². The van der Waals surface area contributed by atoms with Gasteiger partial charge < -0.3 is 45.2 Å². The predicted octanol–water partition coefficient (Wildman–Crippen LogP) is 13.5. The Morgan fingerprint density at radius 1 is 0.383 bits per heavy atom. The number of hydrogen-bond donors (Lipinski definition) is 2. The Balaban J connectivity index is 0.000000177. The largest absolute Gasteiger partial charge is 3.00 e. The second-order valence-electron chi connectivity index (χ2n) is 17.9. The first kappa shape index (κ1) is 71.4. The van der Waals surface area contributed by atoms with Crippen molar-refractivity contribution in [2.75, 3.05) is 0 Å². The van der Waals surface area contributed by atoms with E-state index in [1.54, 1.807) is 48.5 Å². The fourth-order valence-electron chi connectivity index (χ4n) is 7.23.